The molecule has 1 aromatic carbocycles. The summed E-state index contributed by atoms with van der Waals surface area (Å²) < 4.78 is 5.51. The Morgan fingerprint density at radius 1 is 1.43 bits per heavy atom. The Hall–Kier alpha value is -0.970. The van der Waals surface area contributed by atoms with Crippen molar-refractivity contribution in [2.75, 3.05) is 19.7 Å². The molecule has 1 aromatic rings. The van der Waals surface area contributed by atoms with E-state index in [4.69, 9.17) is 22.1 Å². The Labute approximate surface area is 137 Å². The summed E-state index contributed by atoms with van der Waals surface area (Å²) in [6, 6.07) is 7.13. The molecule has 6 heteroatoms. The average Bonchev–Trinajstić information content (AvgIpc) is 2.46. The smallest absolute Gasteiger partial charge is 0.260 e. The number of halogens is 2. The van der Waals surface area contributed by atoms with Gasteiger partial charge >= 0.3 is 0 Å². The number of benzene rings is 1. The lowest BCUT2D eigenvalue weighted by atomic mass is 9.91. The van der Waals surface area contributed by atoms with Crippen LogP contribution in [0.15, 0.2) is 24.3 Å². The van der Waals surface area contributed by atoms with Crippen molar-refractivity contribution >= 4 is 29.9 Å². The predicted octanol–water partition coefficient (Wildman–Crippen LogP) is 2.73. The molecule has 2 rings (SSSR count). The summed E-state index contributed by atoms with van der Waals surface area (Å²) in [5, 5.41) is 0.650. The highest BCUT2D eigenvalue weighted by Gasteiger charge is 2.30. The van der Waals surface area contributed by atoms with Crippen LogP contribution in [0.25, 0.3) is 0 Å². The van der Waals surface area contributed by atoms with Crippen LogP contribution in [0.2, 0.25) is 5.02 Å². The molecule has 21 heavy (non-hydrogen) atoms. The van der Waals surface area contributed by atoms with E-state index in [2.05, 4.69) is 6.92 Å². The van der Waals surface area contributed by atoms with E-state index >= 15 is 0 Å². The summed E-state index contributed by atoms with van der Waals surface area (Å²) >= 11 is 5.81. The van der Waals surface area contributed by atoms with Crippen LogP contribution in [0.5, 0.6) is 5.75 Å². The largest absolute Gasteiger partial charge is 0.484 e. The van der Waals surface area contributed by atoms with Crippen LogP contribution in [0.1, 0.15) is 19.8 Å². The van der Waals surface area contributed by atoms with Gasteiger partial charge in [-0.2, -0.15) is 0 Å². The van der Waals surface area contributed by atoms with E-state index in [1.54, 1.807) is 24.3 Å². The summed E-state index contributed by atoms with van der Waals surface area (Å²) in [5.41, 5.74) is 5.80. The number of nitrogens with two attached hydrogens (primary N) is 1. The number of amides is 1. The number of nitrogens with zero attached hydrogens (tertiary/aromatic N) is 1. The molecule has 1 aliphatic rings. The minimum absolute atomic E-state index is 0. The van der Waals surface area contributed by atoms with Crippen molar-refractivity contribution in [2.45, 2.75) is 25.8 Å². The predicted molar refractivity (Wildman–Crippen MR) is 87.1 cm³/mol. The van der Waals surface area contributed by atoms with Crippen molar-refractivity contribution < 1.29 is 9.53 Å². The first-order chi connectivity index (χ1) is 9.61. The van der Waals surface area contributed by atoms with Crippen molar-refractivity contribution in [1.82, 2.24) is 4.90 Å². The maximum atomic E-state index is 12.3. The minimum Gasteiger partial charge on any atom is -0.484 e. The fourth-order valence-corrected chi connectivity index (χ4v) is 2.80. The fourth-order valence-electron chi connectivity index (χ4n) is 2.68. The molecule has 1 saturated heterocycles. The van der Waals surface area contributed by atoms with Crippen molar-refractivity contribution in [3.8, 4) is 5.75 Å². The molecule has 0 bridgehead atoms. The van der Waals surface area contributed by atoms with Crippen LogP contribution in [0.3, 0.4) is 0 Å². The maximum absolute atomic E-state index is 12.3. The van der Waals surface area contributed by atoms with Gasteiger partial charge in [0.1, 0.15) is 5.75 Å². The second kappa shape index (κ2) is 8.47. The third-order valence-corrected chi connectivity index (χ3v) is 4.11. The lowest BCUT2D eigenvalue weighted by Gasteiger charge is -2.39. The van der Waals surface area contributed by atoms with E-state index in [1.165, 1.54) is 0 Å². The quantitative estimate of drug-likeness (QED) is 0.922. The molecular formula is C15H22Cl2N2O2. The van der Waals surface area contributed by atoms with Gasteiger partial charge in [0, 0.05) is 24.2 Å². The zero-order valence-corrected chi connectivity index (χ0v) is 13.7. The van der Waals surface area contributed by atoms with Crippen LogP contribution in [0, 0.1) is 5.92 Å². The second-order valence-corrected chi connectivity index (χ2v) is 5.69. The zero-order valence-electron chi connectivity index (χ0n) is 12.1. The molecule has 2 atom stereocenters. The third-order valence-electron chi connectivity index (χ3n) is 3.85. The summed E-state index contributed by atoms with van der Waals surface area (Å²) in [6.07, 6.45) is 2.16. The topological polar surface area (TPSA) is 55.6 Å². The summed E-state index contributed by atoms with van der Waals surface area (Å²) in [4.78, 5) is 14.1. The molecule has 1 amide bonds. The Bertz CT molecular complexity index is 453. The lowest BCUT2D eigenvalue weighted by Crippen LogP contribution is -2.52. The molecule has 0 aliphatic carbocycles. The Kier molecular flexibility index (Phi) is 7.29. The molecule has 1 heterocycles. The zero-order chi connectivity index (χ0) is 14.5. The van der Waals surface area contributed by atoms with Crippen molar-refractivity contribution in [1.29, 1.82) is 0 Å². The SMILES string of the molecule is CC1CCCN(C(=O)COc2ccc(Cl)cc2)C1CN.Cl. The highest BCUT2D eigenvalue weighted by atomic mass is 35.5. The van der Waals surface area contributed by atoms with E-state index in [1.807, 2.05) is 4.90 Å². The third kappa shape index (κ3) is 4.77. The fraction of sp³-hybridized carbons (Fsp3) is 0.533. The number of rotatable bonds is 4. The number of hydrogen-bond donors (Lipinski definition) is 1. The van der Waals surface area contributed by atoms with Crippen molar-refractivity contribution in [2.24, 2.45) is 11.7 Å². The van der Waals surface area contributed by atoms with E-state index in [-0.39, 0.29) is 31.0 Å². The van der Waals surface area contributed by atoms with E-state index in [9.17, 15) is 4.79 Å². The van der Waals surface area contributed by atoms with Gasteiger partial charge in [-0.15, -0.1) is 12.4 Å². The molecule has 0 aromatic heterocycles. The Morgan fingerprint density at radius 3 is 2.71 bits per heavy atom. The van der Waals surface area contributed by atoms with Gasteiger partial charge in [-0.1, -0.05) is 18.5 Å². The molecule has 2 N–H and O–H groups in total. The van der Waals surface area contributed by atoms with Crippen LogP contribution in [0.4, 0.5) is 0 Å². The first-order valence-corrected chi connectivity index (χ1v) is 7.37. The number of likely N-dealkylation sites (tertiary alicyclic amines) is 1. The Morgan fingerprint density at radius 2 is 2.10 bits per heavy atom. The van der Waals surface area contributed by atoms with Gasteiger partial charge in [-0.25, -0.2) is 0 Å². The van der Waals surface area contributed by atoms with Gasteiger partial charge in [0.2, 0.25) is 0 Å². The minimum atomic E-state index is 0. The average molecular weight is 333 g/mol. The van der Waals surface area contributed by atoms with E-state index < -0.39 is 0 Å². The molecule has 1 aliphatic heterocycles. The second-order valence-electron chi connectivity index (χ2n) is 5.25. The molecule has 2 unspecified atom stereocenters. The van der Waals surface area contributed by atoms with Gasteiger partial charge in [0.25, 0.3) is 5.91 Å². The van der Waals surface area contributed by atoms with E-state index in [0.29, 0.717) is 23.2 Å². The number of piperidine rings is 1. The normalized spacial score (nSPS) is 21.6. The van der Waals surface area contributed by atoms with Crippen LogP contribution < -0.4 is 10.5 Å². The number of hydrogen-bond acceptors (Lipinski definition) is 3. The van der Waals surface area contributed by atoms with Crippen LogP contribution >= 0.6 is 24.0 Å². The van der Waals surface area contributed by atoms with Gasteiger partial charge in [0.15, 0.2) is 6.61 Å². The molecule has 0 saturated carbocycles. The van der Waals surface area contributed by atoms with Gasteiger partial charge in [-0.3, -0.25) is 4.79 Å². The summed E-state index contributed by atoms with van der Waals surface area (Å²) in [6.45, 7) is 3.48. The lowest BCUT2D eigenvalue weighted by molar-refractivity contribution is -0.138. The van der Waals surface area contributed by atoms with Crippen molar-refractivity contribution in [3.05, 3.63) is 29.3 Å². The van der Waals surface area contributed by atoms with Gasteiger partial charge < -0.3 is 15.4 Å². The number of carbonyl (C=O) groups is 1. The molecule has 118 valence electrons. The molecule has 0 radical (unpaired) electrons. The molecule has 1 fully saturated rings. The standard InChI is InChI=1S/C15H21ClN2O2.ClH/c1-11-3-2-8-18(14(11)9-17)15(19)10-20-13-6-4-12(16)5-7-13;/h4-7,11,14H,2-3,8-10,17H2,1H3;1H. The Balaban J connectivity index is 0.00000220. The van der Waals surface area contributed by atoms with E-state index in [0.717, 1.165) is 19.4 Å². The van der Waals surface area contributed by atoms with Gasteiger partial charge in [0.05, 0.1) is 0 Å². The van der Waals surface area contributed by atoms with Crippen LogP contribution in [-0.2, 0) is 4.79 Å². The molecule has 4 nitrogen and oxygen atoms in total. The highest BCUT2D eigenvalue weighted by Crippen LogP contribution is 2.23. The van der Waals surface area contributed by atoms with Crippen LogP contribution in [-0.4, -0.2) is 36.5 Å². The molecule has 0 spiro atoms. The van der Waals surface area contributed by atoms with Gasteiger partial charge in [-0.05, 0) is 43.0 Å². The maximum Gasteiger partial charge on any atom is 0.260 e. The first kappa shape index (κ1) is 18.1. The number of carbonyl (C=O) groups excluding carboxylic acids is 1. The highest BCUT2D eigenvalue weighted by molar-refractivity contribution is 6.30. The first-order valence-electron chi connectivity index (χ1n) is 6.99. The monoisotopic (exact) mass is 332 g/mol. The summed E-state index contributed by atoms with van der Waals surface area (Å²) in [5.74, 6) is 1.10. The molecular weight excluding hydrogens is 311 g/mol. The van der Waals surface area contributed by atoms with Crippen molar-refractivity contribution in [3.63, 3.8) is 0 Å². The summed E-state index contributed by atoms with van der Waals surface area (Å²) in [7, 11) is 0. The number of ether oxygens (including phenoxy) is 1.